The Morgan fingerprint density at radius 2 is 1.83 bits per heavy atom. The van der Waals surface area contributed by atoms with Crippen LogP contribution < -0.4 is 14.2 Å². The first kappa shape index (κ1) is 17.1. The van der Waals surface area contributed by atoms with Gasteiger partial charge in [-0.25, -0.2) is 13.1 Å². The number of ether oxygens (including phenoxy) is 2. The number of methoxy groups -OCH3 is 1. The molecule has 1 amide bonds. The van der Waals surface area contributed by atoms with Crippen molar-refractivity contribution in [3.05, 3.63) is 53.1 Å². The summed E-state index contributed by atoms with van der Waals surface area (Å²) in [7, 11) is -2.10. The SMILES string of the molecule is COc1cccc(Oc2ccc(C(=O)NS(C)(=O)=O)cc2Cl)c1. The van der Waals surface area contributed by atoms with E-state index in [4.69, 9.17) is 21.1 Å². The maximum absolute atomic E-state index is 11.8. The molecular weight excluding hydrogens is 342 g/mol. The van der Waals surface area contributed by atoms with Crippen molar-refractivity contribution in [1.29, 1.82) is 0 Å². The number of carbonyl (C=O) groups excluding carboxylic acids is 1. The van der Waals surface area contributed by atoms with Crippen LogP contribution in [0, 0.1) is 0 Å². The van der Waals surface area contributed by atoms with Crippen LogP contribution in [0.5, 0.6) is 17.2 Å². The van der Waals surface area contributed by atoms with Crippen molar-refractivity contribution in [1.82, 2.24) is 4.72 Å². The molecule has 0 bridgehead atoms. The van der Waals surface area contributed by atoms with Gasteiger partial charge >= 0.3 is 0 Å². The Hall–Kier alpha value is -2.25. The van der Waals surface area contributed by atoms with E-state index in [1.165, 1.54) is 18.2 Å². The predicted octanol–water partition coefficient (Wildman–Crippen LogP) is 2.83. The molecule has 122 valence electrons. The molecule has 0 aliphatic rings. The molecular formula is C15H14ClNO5S. The van der Waals surface area contributed by atoms with Crippen molar-refractivity contribution in [3.8, 4) is 17.2 Å². The molecule has 8 heteroatoms. The molecule has 6 nitrogen and oxygen atoms in total. The van der Waals surface area contributed by atoms with Gasteiger partial charge < -0.3 is 9.47 Å². The summed E-state index contributed by atoms with van der Waals surface area (Å²) in [4.78, 5) is 11.8. The number of benzene rings is 2. The first-order valence-electron chi connectivity index (χ1n) is 6.42. The minimum absolute atomic E-state index is 0.110. The average Bonchev–Trinajstić information content (AvgIpc) is 2.47. The third kappa shape index (κ3) is 4.87. The molecule has 0 aromatic heterocycles. The highest BCUT2D eigenvalue weighted by molar-refractivity contribution is 7.89. The van der Waals surface area contributed by atoms with Crippen LogP contribution in [0.3, 0.4) is 0 Å². The number of rotatable bonds is 5. The van der Waals surface area contributed by atoms with E-state index in [9.17, 15) is 13.2 Å². The topological polar surface area (TPSA) is 81.7 Å². The Kier molecular flexibility index (Phi) is 5.12. The highest BCUT2D eigenvalue weighted by Gasteiger charge is 2.13. The van der Waals surface area contributed by atoms with Crippen molar-refractivity contribution in [2.45, 2.75) is 0 Å². The van der Waals surface area contributed by atoms with Crippen LogP contribution in [0.4, 0.5) is 0 Å². The molecule has 1 N–H and O–H groups in total. The van der Waals surface area contributed by atoms with Gasteiger partial charge in [0.2, 0.25) is 10.0 Å². The summed E-state index contributed by atoms with van der Waals surface area (Å²) in [6.07, 6.45) is 0.896. The largest absolute Gasteiger partial charge is 0.497 e. The maximum atomic E-state index is 11.8. The number of sulfonamides is 1. The van der Waals surface area contributed by atoms with Crippen molar-refractivity contribution in [3.63, 3.8) is 0 Å². The van der Waals surface area contributed by atoms with Gasteiger partial charge in [-0.05, 0) is 30.3 Å². The van der Waals surface area contributed by atoms with E-state index in [0.29, 0.717) is 17.2 Å². The highest BCUT2D eigenvalue weighted by Crippen LogP contribution is 2.31. The van der Waals surface area contributed by atoms with Crippen LogP contribution in [-0.4, -0.2) is 27.7 Å². The lowest BCUT2D eigenvalue weighted by molar-refractivity contribution is 0.0981. The molecule has 0 spiro atoms. The number of nitrogens with one attached hydrogen (secondary N) is 1. The molecule has 0 heterocycles. The lowest BCUT2D eigenvalue weighted by Gasteiger charge is -2.10. The van der Waals surface area contributed by atoms with Crippen LogP contribution in [0.25, 0.3) is 0 Å². The molecule has 0 radical (unpaired) electrons. The summed E-state index contributed by atoms with van der Waals surface area (Å²) >= 11 is 6.08. The third-order valence-electron chi connectivity index (χ3n) is 2.74. The van der Waals surface area contributed by atoms with Gasteiger partial charge in [-0.2, -0.15) is 0 Å². The first-order valence-corrected chi connectivity index (χ1v) is 8.69. The summed E-state index contributed by atoms with van der Waals surface area (Å²) in [6, 6.07) is 11.2. The minimum atomic E-state index is -3.64. The zero-order valence-electron chi connectivity index (χ0n) is 12.4. The Morgan fingerprint density at radius 1 is 1.13 bits per heavy atom. The van der Waals surface area contributed by atoms with Gasteiger partial charge in [0.05, 0.1) is 18.4 Å². The van der Waals surface area contributed by atoms with Gasteiger partial charge in [0, 0.05) is 11.6 Å². The molecule has 0 aliphatic heterocycles. The molecule has 0 saturated carbocycles. The van der Waals surface area contributed by atoms with E-state index in [1.54, 1.807) is 31.4 Å². The average molecular weight is 356 g/mol. The number of hydrogen-bond acceptors (Lipinski definition) is 5. The second-order valence-electron chi connectivity index (χ2n) is 4.63. The van der Waals surface area contributed by atoms with Gasteiger partial charge in [0.15, 0.2) is 0 Å². The second kappa shape index (κ2) is 6.89. The predicted molar refractivity (Wildman–Crippen MR) is 86.8 cm³/mol. The van der Waals surface area contributed by atoms with Crippen molar-refractivity contribution >= 4 is 27.5 Å². The number of amides is 1. The van der Waals surface area contributed by atoms with E-state index in [2.05, 4.69) is 0 Å². The first-order chi connectivity index (χ1) is 10.8. The summed E-state index contributed by atoms with van der Waals surface area (Å²) < 4.78 is 34.7. The quantitative estimate of drug-likeness (QED) is 0.891. The number of hydrogen-bond donors (Lipinski definition) is 1. The van der Waals surface area contributed by atoms with E-state index in [-0.39, 0.29) is 10.6 Å². The van der Waals surface area contributed by atoms with Gasteiger partial charge in [-0.1, -0.05) is 17.7 Å². The van der Waals surface area contributed by atoms with Crippen LogP contribution in [0.15, 0.2) is 42.5 Å². The van der Waals surface area contributed by atoms with Crippen LogP contribution >= 0.6 is 11.6 Å². The Morgan fingerprint density at radius 3 is 2.43 bits per heavy atom. The van der Waals surface area contributed by atoms with Crippen molar-refractivity contribution < 1.29 is 22.7 Å². The van der Waals surface area contributed by atoms with E-state index in [0.717, 1.165) is 6.26 Å². The summed E-state index contributed by atoms with van der Waals surface area (Å²) in [5, 5.41) is 0.175. The lowest BCUT2D eigenvalue weighted by Crippen LogP contribution is -2.29. The Balaban J connectivity index is 2.20. The summed E-state index contributed by atoms with van der Waals surface area (Å²) in [5.74, 6) is 0.709. The fraction of sp³-hybridized carbons (Fsp3) is 0.133. The van der Waals surface area contributed by atoms with Gasteiger partial charge in [-0.15, -0.1) is 0 Å². The normalized spacial score (nSPS) is 10.9. The Bertz CT molecular complexity index is 836. The van der Waals surface area contributed by atoms with Crippen LogP contribution in [0.2, 0.25) is 5.02 Å². The monoisotopic (exact) mass is 355 g/mol. The molecule has 23 heavy (non-hydrogen) atoms. The standard InChI is InChI=1S/C15H14ClNO5S/c1-21-11-4-3-5-12(9-11)22-14-7-6-10(8-13(14)16)15(18)17-23(2,19)20/h3-9H,1-2H3,(H,17,18). The van der Waals surface area contributed by atoms with Crippen LogP contribution in [0.1, 0.15) is 10.4 Å². The molecule has 0 unspecified atom stereocenters. The van der Waals surface area contributed by atoms with E-state index >= 15 is 0 Å². The second-order valence-corrected chi connectivity index (χ2v) is 6.79. The zero-order valence-corrected chi connectivity index (χ0v) is 13.9. The molecule has 2 rings (SSSR count). The molecule has 0 aliphatic carbocycles. The summed E-state index contributed by atoms with van der Waals surface area (Å²) in [5.41, 5.74) is 0.110. The molecule has 0 fully saturated rings. The van der Waals surface area contributed by atoms with Gasteiger partial charge in [0.25, 0.3) is 5.91 Å². The van der Waals surface area contributed by atoms with Gasteiger partial charge in [-0.3, -0.25) is 4.79 Å². The molecule has 0 saturated heterocycles. The zero-order chi connectivity index (χ0) is 17.0. The minimum Gasteiger partial charge on any atom is -0.497 e. The third-order valence-corrected chi connectivity index (χ3v) is 3.59. The molecule has 2 aromatic rings. The van der Waals surface area contributed by atoms with Crippen molar-refractivity contribution in [2.75, 3.05) is 13.4 Å². The lowest BCUT2D eigenvalue weighted by atomic mass is 10.2. The maximum Gasteiger partial charge on any atom is 0.264 e. The van der Waals surface area contributed by atoms with E-state index in [1.807, 2.05) is 4.72 Å². The Labute approximate surface area is 139 Å². The van der Waals surface area contributed by atoms with E-state index < -0.39 is 15.9 Å². The fourth-order valence-electron chi connectivity index (χ4n) is 1.74. The molecule has 0 atom stereocenters. The molecule has 2 aromatic carbocycles. The van der Waals surface area contributed by atoms with Gasteiger partial charge in [0.1, 0.15) is 17.2 Å². The van der Waals surface area contributed by atoms with Crippen molar-refractivity contribution in [2.24, 2.45) is 0 Å². The smallest absolute Gasteiger partial charge is 0.264 e. The fourth-order valence-corrected chi connectivity index (χ4v) is 2.42. The highest BCUT2D eigenvalue weighted by atomic mass is 35.5. The number of halogens is 1. The van der Waals surface area contributed by atoms with Crippen LogP contribution in [-0.2, 0) is 10.0 Å². The number of carbonyl (C=O) groups is 1. The summed E-state index contributed by atoms with van der Waals surface area (Å²) in [6.45, 7) is 0.